The third-order valence-corrected chi connectivity index (χ3v) is 5.70. The van der Waals surface area contributed by atoms with Crippen molar-refractivity contribution in [2.24, 2.45) is 17.6 Å². The molecule has 136 valence electrons. The number of fused-ring (bicyclic) bond motifs is 1. The van der Waals surface area contributed by atoms with Gasteiger partial charge in [-0.3, -0.25) is 19.3 Å². The number of carbonyl (C=O) groups is 3. The number of hydrogen-bond acceptors (Lipinski definition) is 4. The average Bonchev–Trinajstić information content (AvgIpc) is 2.80. The number of amides is 3. The lowest BCUT2D eigenvalue weighted by Crippen LogP contribution is -2.54. The Morgan fingerprint density at radius 3 is 2.17 bits per heavy atom. The largest absolute Gasteiger partial charge is 0.337 e. The lowest BCUT2D eigenvalue weighted by molar-refractivity contribution is -0.148. The summed E-state index contributed by atoms with van der Waals surface area (Å²) >= 11 is 0. The first kappa shape index (κ1) is 19.2. The fourth-order valence-electron chi connectivity index (χ4n) is 4.43. The Morgan fingerprint density at radius 1 is 1.08 bits per heavy atom. The van der Waals surface area contributed by atoms with Gasteiger partial charge in [-0.1, -0.05) is 12.8 Å². The molecule has 3 amide bonds. The highest BCUT2D eigenvalue weighted by Crippen LogP contribution is 2.38. The minimum Gasteiger partial charge on any atom is -0.337 e. The van der Waals surface area contributed by atoms with E-state index in [1.807, 2.05) is 6.92 Å². The van der Waals surface area contributed by atoms with Crippen LogP contribution >= 0.6 is 12.4 Å². The van der Waals surface area contributed by atoms with Crippen LogP contribution in [-0.4, -0.2) is 52.7 Å². The first-order valence-corrected chi connectivity index (χ1v) is 8.91. The summed E-state index contributed by atoms with van der Waals surface area (Å²) in [6.07, 6.45) is 6.50. The number of carbonyl (C=O) groups excluding carboxylic acids is 3. The summed E-state index contributed by atoms with van der Waals surface area (Å²) in [6, 6.07) is -0.0712. The van der Waals surface area contributed by atoms with E-state index in [9.17, 15) is 14.4 Å². The quantitative estimate of drug-likeness (QED) is 0.772. The molecule has 0 aromatic heterocycles. The number of hydrogen-bond donors (Lipinski definition) is 1. The van der Waals surface area contributed by atoms with E-state index in [0.29, 0.717) is 6.54 Å². The van der Waals surface area contributed by atoms with Gasteiger partial charge in [0.1, 0.15) is 6.54 Å². The molecule has 2 N–H and O–H groups in total. The molecule has 0 aromatic rings. The summed E-state index contributed by atoms with van der Waals surface area (Å²) in [5, 5.41) is 0. The van der Waals surface area contributed by atoms with Gasteiger partial charge in [-0.15, -0.1) is 12.4 Å². The fraction of sp³-hybridized carbons (Fsp3) is 0.824. The van der Waals surface area contributed by atoms with Crippen molar-refractivity contribution in [3.8, 4) is 0 Å². The minimum atomic E-state index is -0.186. The van der Waals surface area contributed by atoms with E-state index in [2.05, 4.69) is 0 Å². The van der Waals surface area contributed by atoms with Crippen LogP contribution in [0.15, 0.2) is 0 Å². The summed E-state index contributed by atoms with van der Waals surface area (Å²) in [7, 11) is 0. The number of likely N-dealkylation sites (tertiary alicyclic amines) is 2. The van der Waals surface area contributed by atoms with Crippen LogP contribution in [0.5, 0.6) is 0 Å². The van der Waals surface area contributed by atoms with Gasteiger partial charge in [-0.2, -0.15) is 0 Å². The Labute approximate surface area is 149 Å². The number of piperidine rings is 1. The molecule has 4 unspecified atom stereocenters. The second-order valence-corrected chi connectivity index (χ2v) is 7.27. The van der Waals surface area contributed by atoms with E-state index in [0.717, 1.165) is 44.9 Å². The molecule has 2 aliphatic heterocycles. The van der Waals surface area contributed by atoms with Crippen LogP contribution < -0.4 is 5.73 Å². The molecule has 6 nitrogen and oxygen atoms in total. The van der Waals surface area contributed by atoms with E-state index < -0.39 is 0 Å². The van der Waals surface area contributed by atoms with Gasteiger partial charge < -0.3 is 10.6 Å². The SMILES string of the molecule is CC(N)C1CCCCN1C(=O)CN1C(=O)C2CCCCC2C1=O.Cl. The molecular formula is C17H28ClN3O3. The summed E-state index contributed by atoms with van der Waals surface area (Å²) in [5.74, 6) is -0.776. The second kappa shape index (κ2) is 7.83. The topological polar surface area (TPSA) is 83.7 Å². The molecule has 3 rings (SSSR count). The molecular weight excluding hydrogens is 330 g/mol. The summed E-state index contributed by atoms with van der Waals surface area (Å²) in [5.41, 5.74) is 6.01. The normalized spacial score (nSPS) is 31.5. The first-order valence-electron chi connectivity index (χ1n) is 8.91. The monoisotopic (exact) mass is 357 g/mol. The third-order valence-electron chi connectivity index (χ3n) is 5.70. The van der Waals surface area contributed by atoms with Gasteiger partial charge in [0.25, 0.3) is 0 Å². The van der Waals surface area contributed by atoms with Crippen LogP contribution in [0.2, 0.25) is 0 Å². The van der Waals surface area contributed by atoms with E-state index >= 15 is 0 Å². The van der Waals surface area contributed by atoms with Crippen molar-refractivity contribution in [3.05, 3.63) is 0 Å². The Morgan fingerprint density at radius 2 is 1.62 bits per heavy atom. The highest BCUT2D eigenvalue weighted by molar-refractivity contribution is 6.07. The van der Waals surface area contributed by atoms with Crippen LogP contribution in [0.4, 0.5) is 0 Å². The molecule has 24 heavy (non-hydrogen) atoms. The first-order chi connectivity index (χ1) is 11.0. The number of halogens is 1. The van der Waals surface area contributed by atoms with Crippen LogP contribution in [-0.2, 0) is 14.4 Å². The number of nitrogens with zero attached hydrogens (tertiary/aromatic N) is 2. The molecule has 1 saturated carbocycles. The number of imide groups is 1. The molecule has 3 fully saturated rings. The minimum absolute atomic E-state index is 0. The Bertz CT molecular complexity index is 487. The second-order valence-electron chi connectivity index (χ2n) is 7.27. The Kier molecular flexibility index (Phi) is 6.26. The van der Waals surface area contributed by atoms with Gasteiger partial charge in [0.05, 0.1) is 11.8 Å². The Hall–Kier alpha value is -1.14. The van der Waals surface area contributed by atoms with Gasteiger partial charge in [0.2, 0.25) is 17.7 Å². The standard InChI is InChI=1S/C17H27N3O3.ClH/c1-11(18)14-8-4-5-9-19(14)15(21)10-20-16(22)12-6-2-3-7-13(12)17(20)23;/h11-14H,2-10,18H2,1H3;1H. The van der Waals surface area contributed by atoms with Crippen molar-refractivity contribution in [3.63, 3.8) is 0 Å². The zero-order valence-corrected chi connectivity index (χ0v) is 15.1. The van der Waals surface area contributed by atoms with Crippen molar-refractivity contribution in [2.45, 2.75) is 64.0 Å². The smallest absolute Gasteiger partial charge is 0.243 e. The molecule has 0 aromatic carbocycles. The van der Waals surface area contributed by atoms with Crippen molar-refractivity contribution in [2.75, 3.05) is 13.1 Å². The summed E-state index contributed by atoms with van der Waals surface area (Å²) in [4.78, 5) is 40.7. The fourth-order valence-corrected chi connectivity index (χ4v) is 4.43. The number of nitrogens with two attached hydrogens (primary N) is 1. The average molecular weight is 358 g/mol. The van der Waals surface area contributed by atoms with E-state index in [1.165, 1.54) is 4.90 Å². The van der Waals surface area contributed by atoms with Gasteiger partial charge in [-0.05, 0) is 39.0 Å². The maximum absolute atomic E-state index is 12.7. The van der Waals surface area contributed by atoms with Crippen LogP contribution in [0.1, 0.15) is 51.9 Å². The van der Waals surface area contributed by atoms with Gasteiger partial charge in [0, 0.05) is 18.6 Å². The molecule has 1 aliphatic carbocycles. The zero-order valence-electron chi connectivity index (χ0n) is 14.3. The lowest BCUT2D eigenvalue weighted by atomic mass is 9.81. The molecule has 0 radical (unpaired) electrons. The predicted molar refractivity (Wildman–Crippen MR) is 92.4 cm³/mol. The van der Waals surface area contributed by atoms with Gasteiger partial charge >= 0.3 is 0 Å². The molecule has 3 aliphatic rings. The van der Waals surface area contributed by atoms with Crippen LogP contribution in [0, 0.1) is 11.8 Å². The highest BCUT2D eigenvalue weighted by atomic mass is 35.5. The number of rotatable bonds is 3. The van der Waals surface area contributed by atoms with Crippen molar-refractivity contribution in [1.82, 2.24) is 9.80 Å². The van der Waals surface area contributed by atoms with Gasteiger partial charge in [0.15, 0.2) is 0 Å². The van der Waals surface area contributed by atoms with E-state index in [-0.39, 0.29) is 60.6 Å². The Balaban J connectivity index is 0.00000208. The van der Waals surface area contributed by atoms with Crippen LogP contribution in [0.25, 0.3) is 0 Å². The molecule has 4 atom stereocenters. The zero-order chi connectivity index (χ0) is 16.6. The maximum atomic E-state index is 12.7. The lowest BCUT2D eigenvalue weighted by Gasteiger charge is -2.38. The van der Waals surface area contributed by atoms with Gasteiger partial charge in [-0.25, -0.2) is 0 Å². The van der Waals surface area contributed by atoms with E-state index in [1.54, 1.807) is 4.90 Å². The molecule has 0 bridgehead atoms. The van der Waals surface area contributed by atoms with Crippen LogP contribution in [0.3, 0.4) is 0 Å². The third kappa shape index (κ3) is 3.45. The molecule has 7 heteroatoms. The van der Waals surface area contributed by atoms with Crippen molar-refractivity contribution < 1.29 is 14.4 Å². The molecule has 2 saturated heterocycles. The maximum Gasteiger partial charge on any atom is 0.243 e. The summed E-state index contributed by atoms with van der Waals surface area (Å²) in [6.45, 7) is 2.49. The van der Waals surface area contributed by atoms with Crippen molar-refractivity contribution >= 4 is 30.1 Å². The highest BCUT2D eigenvalue weighted by Gasteiger charge is 2.49. The predicted octanol–water partition coefficient (Wildman–Crippen LogP) is 1.31. The van der Waals surface area contributed by atoms with E-state index in [4.69, 9.17) is 5.73 Å². The molecule has 2 heterocycles. The molecule has 0 spiro atoms. The van der Waals surface area contributed by atoms with Crippen molar-refractivity contribution in [1.29, 1.82) is 0 Å². The summed E-state index contributed by atoms with van der Waals surface area (Å²) < 4.78 is 0.